The third kappa shape index (κ3) is 4.97. The molecule has 1 aromatic carbocycles. The molecule has 1 unspecified atom stereocenters. The van der Waals surface area contributed by atoms with Crippen molar-refractivity contribution in [2.45, 2.75) is 19.9 Å². The Morgan fingerprint density at radius 1 is 1.22 bits per heavy atom. The minimum atomic E-state index is -1.10. The van der Waals surface area contributed by atoms with Crippen molar-refractivity contribution in [2.24, 2.45) is 5.92 Å². The first-order valence-electron chi connectivity index (χ1n) is 5.70. The molecule has 0 bridgehead atoms. The number of hydrogen-bond donors (Lipinski definition) is 3. The average molecular weight is 251 g/mol. The zero-order valence-electron chi connectivity index (χ0n) is 10.2. The second-order valence-electron chi connectivity index (χ2n) is 4.25. The van der Waals surface area contributed by atoms with Gasteiger partial charge in [0.2, 0.25) is 0 Å². The summed E-state index contributed by atoms with van der Waals surface area (Å²) in [6, 6.07) is 7.86. The van der Waals surface area contributed by atoms with Crippen molar-refractivity contribution in [3.8, 4) is 0 Å². The Morgan fingerprint density at radius 3 is 2.33 bits per heavy atom. The summed E-state index contributed by atoms with van der Waals surface area (Å²) in [5, 5.41) is 20.4. The molecule has 98 valence electrons. The molecule has 5 nitrogen and oxygen atoms in total. The molecule has 1 rings (SSSR count). The number of carboxylic acids is 2. The number of carbonyl (C=O) groups is 2. The van der Waals surface area contributed by atoms with Crippen LogP contribution < -0.4 is 5.32 Å². The predicted molar refractivity (Wildman–Crippen MR) is 66.3 cm³/mol. The summed E-state index contributed by atoms with van der Waals surface area (Å²) in [4.78, 5) is 21.3. The number of hydrogen-bond acceptors (Lipinski definition) is 3. The van der Waals surface area contributed by atoms with Gasteiger partial charge in [-0.2, -0.15) is 0 Å². The molecule has 0 saturated heterocycles. The minimum absolute atomic E-state index is 0.148. The van der Waals surface area contributed by atoms with Crippen LogP contribution in [0.1, 0.15) is 17.5 Å². The Hall–Kier alpha value is -1.88. The van der Waals surface area contributed by atoms with E-state index in [0.717, 1.165) is 11.1 Å². The molecule has 0 spiro atoms. The zero-order chi connectivity index (χ0) is 13.5. The summed E-state index contributed by atoms with van der Waals surface area (Å²) in [5.74, 6) is -3.08. The third-order valence-corrected chi connectivity index (χ3v) is 2.61. The highest BCUT2D eigenvalue weighted by molar-refractivity contribution is 5.77. The fourth-order valence-electron chi connectivity index (χ4n) is 1.55. The van der Waals surface area contributed by atoms with Crippen molar-refractivity contribution in [3.63, 3.8) is 0 Å². The van der Waals surface area contributed by atoms with Gasteiger partial charge in [0, 0.05) is 13.1 Å². The molecular formula is C13H17NO4. The van der Waals surface area contributed by atoms with Crippen LogP contribution in [0.25, 0.3) is 0 Å². The number of rotatable bonds is 7. The molecule has 0 aromatic heterocycles. The van der Waals surface area contributed by atoms with Crippen molar-refractivity contribution in [1.29, 1.82) is 0 Å². The van der Waals surface area contributed by atoms with Crippen LogP contribution in [0.2, 0.25) is 0 Å². The van der Waals surface area contributed by atoms with E-state index in [0.29, 0.717) is 6.54 Å². The van der Waals surface area contributed by atoms with Gasteiger partial charge >= 0.3 is 11.9 Å². The number of aryl methyl sites for hydroxylation is 1. The first kappa shape index (κ1) is 14.2. The normalized spacial score (nSPS) is 12.1. The molecule has 0 amide bonds. The quantitative estimate of drug-likeness (QED) is 0.679. The number of nitrogens with one attached hydrogen (secondary N) is 1. The van der Waals surface area contributed by atoms with Gasteiger partial charge in [-0.15, -0.1) is 0 Å². The Morgan fingerprint density at radius 2 is 1.83 bits per heavy atom. The molecule has 0 heterocycles. The number of benzene rings is 1. The lowest BCUT2D eigenvalue weighted by atomic mass is 10.1. The molecule has 1 aromatic rings. The van der Waals surface area contributed by atoms with Crippen molar-refractivity contribution in [2.75, 3.05) is 6.54 Å². The van der Waals surface area contributed by atoms with Crippen molar-refractivity contribution in [1.82, 2.24) is 5.32 Å². The molecule has 18 heavy (non-hydrogen) atoms. The second-order valence-corrected chi connectivity index (χ2v) is 4.25. The van der Waals surface area contributed by atoms with E-state index in [9.17, 15) is 9.59 Å². The summed E-state index contributed by atoms with van der Waals surface area (Å²) in [5.41, 5.74) is 2.20. The molecule has 0 fully saturated rings. The maximum atomic E-state index is 10.8. The summed E-state index contributed by atoms with van der Waals surface area (Å²) in [7, 11) is 0. The monoisotopic (exact) mass is 251 g/mol. The van der Waals surface area contributed by atoms with Gasteiger partial charge in [-0.1, -0.05) is 29.8 Å². The maximum absolute atomic E-state index is 10.8. The molecule has 0 radical (unpaired) electrons. The van der Waals surface area contributed by atoms with Gasteiger partial charge in [-0.05, 0) is 12.5 Å². The van der Waals surface area contributed by atoms with Gasteiger partial charge in [0.05, 0.1) is 12.3 Å². The standard InChI is InChI=1S/C13H17NO4/c1-9-2-4-10(5-3-9)7-14-8-11(13(17)18)6-12(15)16/h2-5,11,14H,6-8H2,1H3,(H,15,16)(H,17,18). The van der Waals surface area contributed by atoms with Crippen LogP contribution in [0, 0.1) is 12.8 Å². The Kier molecular flexibility index (Phi) is 5.32. The lowest BCUT2D eigenvalue weighted by Crippen LogP contribution is -2.30. The number of aliphatic carboxylic acids is 2. The average Bonchev–Trinajstić information content (AvgIpc) is 2.29. The molecular weight excluding hydrogens is 234 g/mol. The first-order valence-corrected chi connectivity index (χ1v) is 5.70. The van der Waals surface area contributed by atoms with Crippen LogP contribution in [0.4, 0.5) is 0 Å². The smallest absolute Gasteiger partial charge is 0.308 e. The van der Waals surface area contributed by atoms with E-state index in [-0.39, 0.29) is 13.0 Å². The van der Waals surface area contributed by atoms with Gasteiger partial charge in [-0.25, -0.2) is 0 Å². The summed E-state index contributed by atoms with van der Waals surface area (Å²) in [6.45, 7) is 2.67. The third-order valence-electron chi connectivity index (χ3n) is 2.61. The van der Waals surface area contributed by atoms with Crippen LogP contribution in [0.3, 0.4) is 0 Å². The van der Waals surface area contributed by atoms with Gasteiger partial charge < -0.3 is 15.5 Å². The van der Waals surface area contributed by atoms with Crippen LogP contribution in [0.5, 0.6) is 0 Å². The molecule has 0 aliphatic heterocycles. The van der Waals surface area contributed by atoms with E-state index in [4.69, 9.17) is 10.2 Å². The summed E-state index contributed by atoms with van der Waals surface area (Å²) >= 11 is 0. The summed E-state index contributed by atoms with van der Waals surface area (Å²) in [6.07, 6.45) is -0.365. The van der Waals surface area contributed by atoms with Crippen molar-refractivity contribution >= 4 is 11.9 Å². The Bertz CT molecular complexity index is 414. The van der Waals surface area contributed by atoms with Gasteiger partial charge in [0.15, 0.2) is 0 Å². The molecule has 5 heteroatoms. The lowest BCUT2D eigenvalue weighted by Gasteiger charge is -2.11. The fourth-order valence-corrected chi connectivity index (χ4v) is 1.55. The fraction of sp³-hybridized carbons (Fsp3) is 0.385. The maximum Gasteiger partial charge on any atom is 0.308 e. The van der Waals surface area contributed by atoms with Crippen LogP contribution in [0.15, 0.2) is 24.3 Å². The molecule has 0 aliphatic rings. The highest BCUT2D eigenvalue weighted by Crippen LogP contribution is 2.05. The largest absolute Gasteiger partial charge is 0.481 e. The molecule has 0 saturated carbocycles. The highest BCUT2D eigenvalue weighted by Gasteiger charge is 2.20. The molecule has 0 aliphatic carbocycles. The van der Waals surface area contributed by atoms with E-state index in [1.807, 2.05) is 31.2 Å². The summed E-state index contributed by atoms with van der Waals surface area (Å²) < 4.78 is 0. The van der Waals surface area contributed by atoms with Gasteiger partial charge in [-0.3, -0.25) is 9.59 Å². The van der Waals surface area contributed by atoms with Crippen molar-refractivity contribution in [3.05, 3.63) is 35.4 Å². The predicted octanol–water partition coefficient (Wildman–Crippen LogP) is 1.26. The minimum Gasteiger partial charge on any atom is -0.481 e. The highest BCUT2D eigenvalue weighted by atomic mass is 16.4. The van der Waals surface area contributed by atoms with E-state index < -0.39 is 17.9 Å². The molecule has 3 N–H and O–H groups in total. The Balaban J connectivity index is 2.41. The van der Waals surface area contributed by atoms with Gasteiger partial charge in [0.25, 0.3) is 0 Å². The van der Waals surface area contributed by atoms with E-state index in [2.05, 4.69) is 5.32 Å². The van der Waals surface area contributed by atoms with Gasteiger partial charge in [0.1, 0.15) is 0 Å². The lowest BCUT2D eigenvalue weighted by molar-refractivity contribution is -0.148. The number of carboxylic acid groups (broad SMARTS) is 2. The van der Waals surface area contributed by atoms with Crippen LogP contribution in [-0.4, -0.2) is 28.7 Å². The SMILES string of the molecule is Cc1ccc(CNCC(CC(=O)O)C(=O)O)cc1. The molecule has 1 atom stereocenters. The van der Waals surface area contributed by atoms with E-state index >= 15 is 0 Å². The van der Waals surface area contributed by atoms with E-state index in [1.165, 1.54) is 0 Å². The Labute approximate surface area is 105 Å². The van der Waals surface area contributed by atoms with Crippen molar-refractivity contribution < 1.29 is 19.8 Å². The van der Waals surface area contributed by atoms with Crippen LogP contribution in [-0.2, 0) is 16.1 Å². The zero-order valence-corrected chi connectivity index (χ0v) is 10.2. The second kappa shape index (κ2) is 6.76. The first-order chi connectivity index (χ1) is 8.49. The topological polar surface area (TPSA) is 86.6 Å². The van der Waals surface area contributed by atoms with E-state index in [1.54, 1.807) is 0 Å². The van der Waals surface area contributed by atoms with Crippen LogP contribution >= 0.6 is 0 Å².